The number of rotatable bonds is 7. The van der Waals surface area contributed by atoms with Crippen molar-refractivity contribution in [1.29, 1.82) is 0 Å². The van der Waals surface area contributed by atoms with Crippen LogP contribution in [0.1, 0.15) is 46.0 Å². The van der Waals surface area contributed by atoms with Crippen LogP contribution in [0.2, 0.25) is 0 Å². The molecule has 6 heteroatoms. The van der Waals surface area contributed by atoms with Crippen molar-refractivity contribution in [2.45, 2.75) is 52.7 Å². The minimum atomic E-state index is -0.772. The van der Waals surface area contributed by atoms with Gasteiger partial charge in [0.15, 0.2) is 0 Å². The number of carboxylic acid groups (broad SMARTS) is 1. The zero-order chi connectivity index (χ0) is 13.7. The lowest BCUT2D eigenvalue weighted by Gasteiger charge is -2.26. The number of aromatic nitrogens is 3. The minimum absolute atomic E-state index is 0.00943. The van der Waals surface area contributed by atoms with Gasteiger partial charge < -0.3 is 5.11 Å². The molecule has 0 fully saturated rings. The normalized spacial score (nSPS) is 13.2. The van der Waals surface area contributed by atoms with Crippen molar-refractivity contribution in [3.8, 4) is 0 Å². The Bertz CT molecular complexity index is 389. The first kappa shape index (κ1) is 14.6. The van der Waals surface area contributed by atoms with Gasteiger partial charge in [0.1, 0.15) is 12.2 Å². The third kappa shape index (κ3) is 3.80. The summed E-state index contributed by atoms with van der Waals surface area (Å²) in [5.74, 6) is 0.107. The predicted molar refractivity (Wildman–Crippen MR) is 68.2 cm³/mol. The highest BCUT2D eigenvalue weighted by molar-refractivity contribution is 5.67. The number of hydrogen-bond donors (Lipinski definition) is 1. The van der Waals surface area contributed by atoms with Crippen LogP contribution in [0.5, 0.6) is 0 Å². The van der Waals surface area contributed by atoms with Gasteiger partial charge in [0.25, 0.3) is 0 Å². The van der Waals surface area contributed by atoms with Crippen LogP contribution < -0.4 is 0 Å². The van der Waals surface area contributed by atoms with Crippen LogP contribution in [0.4, 0.5) is 0 Å². The highest BCUT2D eigenvalue weighted by Gasteiger charge is 2.18. The summed E-state index contributed by atoms with van der Waals surface area (Å²) in [7, 11) is 0. The zero-order valence-corrected chi connectivity index (χ0v) is 11.5. The molecule has 1 aromatic rings. The lowest BCUT2D eigenvalue weighted by molar-refractivity contribution is -0.138. The molecule has 1 aromatic heterocycles. The molecule has 0 spiro atoms. The monoisotopic (exact) mass is 254 g/mol. The molecule has 102 valence electrons. The summed E-state index contributed by atoms with van der Waals surface area (Å²) in [5, 5.41) is 13.0. The van der Waals surface area contributed by atoms with Gasteiger partial charge >= 0.3 is 5.97 Å². The Morgan fingerprint density at radius 1 is 1.50 bits per heavy atom. The van der Waals surface area contributed by atoms with E-state index in [2.05, 4.69) is 28.8 Å². The molecule has 0 bridgehead atoms. The van der Waals surface area contributed by atoms with Gasteiger partial charge in [0, 0.05) is 12.1 Å². The van der Waals surface area contributed by atoms with Gasteiger partial charge in [0.2, 0.25) is 0 Å². The van der Waals surface area contributed by atoms with Crippen molar-refractivity contribution < 1.29 is 9.90 Å². The third-order valence-electron chi connectivity index (χ3n) is 2.98. The molecule has 18 heavy (non-hydrogen) atoms. The minimum Gasteiger partial charge on any atom is -0.481 e. The maximum Gasteiger partial charge on any atom is 0.304 e. The zero-order valence-electron chi connectivity index (χ0n) is 11.5. The average molecular weight is 254 g/mol. The molecule has 1 atom stereocenters. The molecular formula is C12H22N4O2. The first-order valence-corrected chi connectivity index (χ1v) is 6.29. The quantitative estimate of drug-likeness (QED) is 0.799. The number of carboxylic acids is 1. The highest BCUT2D eigenvalue weighted by Crippen LogP contribution is 2.11. The molecule has 0 saturated heterocycles. The summed E-state index contributed by atoms with van der Waals surface area (Å²) in [6.45, 7) is 9.47. The van der Waals surface area contributed by atoms with Crippen LogP contribution in [-0.2, 0) is 11.3 Å². The molecule has 0 amide bonds. The summed E-state index contributed by atoms with van der Waals surface area (Å²) in [6.07, 6.45) is 1.69. The Kier molecular flexibility index (Phi) is 5.27. The molecule has 1 heterocycles. The van der Waals surface area contributed by atoms with E-state index in [1.807, 2.05) is 18.5 Å². The van der Waals surface area contributed by atoms with Crippen molar-refractivity contribution in [2.75, 3.05) is 6.54 Å². The average Bonchev–Trinajstić information content (AvgIpc) is 2.72. The Morgan fingerprint density at radius 3 is 2.67 bits per heavy atom. The van der Waals surface area contributed by atoms with E-state index in [9.17, 15) is 4.79 Å². The van der Waals surface area contributed by atoms with Crippen molar-refractivity contribution >= 4 is 5.97 Å². The molecule has 0 saturated carbocycles. The molecule has 0 aliphatic carbocycles. The van der Waals surface area contributed by atoms with Gasteiger partial charge in [-0.25, -0.2) is 9.67 Å². The molecule has 0 aliphatic heterocycles. The molecule has 6 nitrogen and oxygen atoms in total. The maximum atomic E-state index is 10.7. The fourth-order valence-electron chi connectivity index (χ4n) is 1.96. The topological polar surface area (TPSA) is 71.2 Å². The lowest BCUT2D eigenvalue weighted by Crippen LogP contribution is -2.35. The smallest absolute Gasteiger partial charge is 0.304 e. The second-order valence-corrected chi connectivity index (χ2v) is 4.72. The van der Waals surface area contributed by atoms with E-state index >= 15 is 0 Å². The summed E-state index contributed by atoms with van der Waals surface area (Å²) >= 11 is 0. The van der Waals surface area contributed by atoms with E-state index in [0.717, 1.165) is 12.4 Å². The van der Waals surface area contributed by atoms with Crippen LogP contribution in [0, 0.1) is 0 Å². The SMILES string of the molecule is CCN(Cc1ncnn1C(C)C)C(C)CC(=O)O. The first-order chi connectivity index (χ1) is 8.45. The van der Waals surface area contributed by atoms with Gasteiger partial charge in [-0.2, -0.15) is 5.10 Å². The van der Waals surface area contributed by atoms with Gasteiger partial charge in [-0.15, -0.1) is 0 Å². The van der Waals surface area contributed by atoms with Crippen LogP contribution in [-0.4, -0.2) is 43.3 Å². The number of nitrogens with zero attached hydrogens (tertiary/aromatic N) is 4. The molecule has 0 aliphatic rings. The summed E-state index contributed by atoms with van der Waals surface area (Å²) < 4.78 is 1.87. The number of carbonyl (C=O) groups is 1. The van der Waals surface area contributed by atoms with Crippen LogP contribution in [0.3, 0.4) is 0 Å². The van der Waals surface area contributed by atoms with E-state index in [4.69, 9.17) is 5.11 Å². The lowest BCUT2D eigenvalue weighted by atomic mass is 10.2. The Hall–Kier alpha value is -1.43. The van der Waals surface area contributed by atoms with Crippen molar-refractivity contribution in [3.63, 3.8) is 0 Å². The van der Waals surface area contributed by atoms with Crippen LogP contribution in [0.15, 0.2) is 6.33 Å². The van der Waals surface area contributed by atoms with Gasteiger partial charge in [0.05, 0.1) is 13.0 Å². The predicted octanol–water partition coefficient (Wildman–Crippen LogP) is 1.54. The number of aliphatic carboxylic acids is 1. The molecule has 1 unspecified atom stereocenters. The van der Waals surface area contributed by atoms with E-state index in [1.54, 1.807) is 6.33 Å². The summed E-state index contributed by atoms with van der Waals surface area (Å²) in [5.41, 5.74) is 0. The molecule has 1 N–H and O–H groups in total. The Morgan fingerprint density at radius 2 is 2.17 bits per heavy atom. The fourth-order valence-corrected chi connectivity index (χ4v) is 1.96. The third-order valence-corrected chi connectivity index (χ3v) is 2.98. The maximum absolute atomic E-state index is 10.7. The Balaban J connectivity index is 2.73. The largest absolute Gasteiger partial charge is 0.481 e. The highest BCUT2D eigenvalue weighted by atomic mass is 16.4. The van der Waals surface area contributed by atoms with Crippen molar-refractivity contribution in [2.24, 2.45) is 0 Å². The second-order valence-electron chi connectivity index (χ2n) is 4.72. The fraction of sp³-hybridized carbons (Fsp3) is 0.750. The standard InChI is InChI=1S/C12H22N4O2/c1-5-15(10(4)6-12(17)18)7-11-13-8-14-16(11)9(2)3/h8-10H,5-7H2,1-4H3,(H,17,18). The molecule has 0 radical (unpaired) electrons. The summed E-state index contributed by atoms with van der Waals surface area (Å²) in [4.78, 5) is 17.1. The van der Waals surface area contributed by atoms with Crippen LogP contribution in [0.25, 0.3) is 0 Å². The van der Waals surface area contributed by atoms with E-state index in [0.29, 0.717) is 6.54 Å². The molecule has 0 aromatic carbocycles. The van der Waals surface area contributed by atoms with E-state index in [-0.39, 0.29) is 18.5 Å². The number of hydrogen-bond acceptors (Lipinski definition) is 4. The molecular weight excluding hydrogens is 232 g/mol. The van der Waals surface area contributed by atoms with Crippen molar-refractivity contribution in [3.05, 3.63) is 12.2 Å². The van der Waals surface area contributed by atoms with E-state index in [1.165, 1.54) is 0 Å². The Labute approximate surface area is 108 Å². The second kappa shape index (κ2) is 6.49. The molecule has 1 rings (SSSR count). The van der Waals surface area contributed by atoms with Gasteiger partial charge in [-0.3, -0.25) is 9.69 Å². The van der Waals surface area contributed by atoms with Gasteiger partial charge in [-0.1, -0.05) is 6.92 Å². The van der Waals surface area contributed by atoms with Crippen LogP contribution >= 0.6 is 0 Å². The van der Waals surface area contributed by atoms with Gasteiger partial charge in [-0.05, 0) is 27.3 Å². The van der Waals surface area contributed by atoms with E-state index < -0.39 is 5.97 Å². The summed E-state index contributed by atoms with van der Waals surface area (Å²) in [6, 6.07) is 0.251. The van der Waals surface area contributed by atoms with Crippen molar-refractivity contribution in [1.82, 2.24) is 19.7 Å². The first-order valence-electron chi connectivity index (χ1n) is 6.29.